The molecule has 3 fully saturated rings. The number of hydrogen-bond donors (Lipinski definition) is 0. The smallest absolute Gasteiger partial charge is 0.309 e. The maximum absolute atomic E-state index is 12.9. The van der Waals surface area contributed by atoms with Crippen molar-refractivity contribution in [1.29, 1.82) is 0 Å². The van der Waals surface area contributed by atoms with Crippen LogP contribution in [0.3, 0.4) is 0 Å². The highest BCUT2D eigenvalue weighted by Crippen LogP contribution is 2.48. The van der Waals surface area contributed by atoms with Crippen LogP contribution >= 0.6 is 0 Å². The van der Waals surface area contributed by atoms with Crippen molar-refractivity contribution in [1.82, 2.24) is 0 Å². The summed E-state index contributed by atoms with van der Waals surface area (Å²) in [6, 6.07) is 0. The molecule has 6 unspecified atom stereocenters. The van der Waals surface area contributed by atoms with Crippen molar-refractivity contribution in [3.05, 3.63) is 0 Å². The molecular formula is C29H48O8. The molecule has 8 nitrogen and oxygen atoms in total. The Kier molecular flexibility index (Phi) is 11.7. The normalized spacial score (nSPS) is 31.4. The molecule has 2 saturated heterocycles. The van der Waals surface area contributed by atoms with Crippen LogP contribution in [0.1, 0.15) is 106 Å². The molecule has 0 aromatic carbocycles. The number of ketones is 2. The number of epoxide rings is 2. The summed E-state index contributed by atoms with van der Waals surface area (Å²) in [5.41, 5.74) is -0.0919. The summed E-state index contributed by atoms with van der Waals surface area (Å²) in [5, 5.41) is 0. The van der Waals surface area contributed by atoms with Gasteiger partial charge in [0.1, 0.15) is 11.6 Å². The largest absolute Gasteiger partial charge is 0.465 e. The molecule has 2 aliphatic heterocycles. The molecule has 37 heavy (non-hydrogen) atoms. The van der Waals surface area contributed by atoms with Crippen molar-refractivity contribution in [2.75, 3.05) is 13.2 Å². The van der Waals surface area contributed by atoms with E-state index in [4.69, 9.17) is 18.9 Å². The summed E-state index contributed by atoms with van der Waals surface area (Å²) >= 11 is 0. The maximum atomic E-state index is 12.9. The van der Waals surface area contributed by atoms with Crippen molar-refractivity contribution in [3.8, 4) is 0 Å². The minimum absolute atomic E-state index is 0.000636. The first kappa shape index (κ1) is 31.4. The fourth-order valence-electron chi connectivity index (χ4n) is 5.29. The van der Waals surface area contributed by atoms with E-state index >= 15 is 0 Å². The van der Waals surface area contributed by atoms with Crippen molar-refractivity contribution in [2.45, 2.75) is 130 Å². The number of carbonyl (C=O) groups is 4. The first-order valence-corrected chi connectivity index (χ1v) is 14.1. The molecule has 3 rings (SSSR count). The Bertz CT molecular complexity index is 806. The van der Waals surface area contributed by atoms with Crippen LogP contribution in [0.15, 0.2) is 0 Å². The van der Waals surface area contributed by atoms with E-state index in [0.717, 1.165) is 32.1 Å². The molecule has 0 spiro atoms. The van der Waals surface area contributed by atoms with Crippen molar-refractivity contribution in [3.63, 3.8) is 0 Å². The third-order valence-electron chi connectivity index (χ3n) is 7.90. The highest BCUT2D eigenvalue weighted by atomic mass is 16.6. The van der Waals surface area contributed by atoms with E-state index in [1.54, 1.807) is 0 Å². The molecule has 1 saturated carbocycles. The highest BCUT2D eigenvalue weighted by molar-refractivity contribution is 5.83. The number of esters is 2. The monoisotopic (exact) mass is 524 g/mol. The quantitative estimate of drug-likeness (QED) is 0.231. The van der Waals surface area contributed by atoms with Gasteiger partial charge in [0.25, 0.3) is 0 Å². The lowest BCUT2D eigenvalue weighted by atomic mass is 9.72. The number of Topliss-reactive ketones (excluding diaryl/α,β-unsaturated/α-hetero) is 2. The van der Waals surface area contributed by atoms with Crippen LogP contribution in [0.5, 0.6) is 0 Å². The topological polar surface area (TPSA) is 112 Å². The summed E-state index contributed by atoms with van der Waals surface area (Å²) in [6.07, 6.45) is 6.65. The summed E-state index contributed by atoms with van der Waals surface area (Å²) in [6.45, 7) is 13.3. The Hall–Kier alpha value is -1.80. The van der Waals surface area contributed by atoms with E-state index in [2.05, 4.69) is 20.8 Å². The van der Waals surface area contributed by atoms with Crippen molar-refractivity contribution >= 4 is 23.5 Å². The van der Waals surface area contributed by atoms with Crippen LogP contribution in [0.2, 0.25) is 0 Å². The molecule has 0 aromatic heterocycles. The molecule has 3 aliphatic rings. The van der Waals surface area contributed by atoms with Crippen molar-refractivity contribution < 1.29 is 38.1 Å². The Morgan fingerprint density at radius 1 is 0.757 bits per heavy atom. The minimum atomic E-state index is -0.591. The summed E-state index contributed by atoms with van der Waals surface area (Å²) < 4.78 is 22.4. The van der Waals surface area contributed by atoms with Crippen LogP contribution in [0.4, 0.5) is 0 Å². The van der Waals surface area contributed by atoms with Gasteiger partial charge in [0.2, 0.25) is 0 Å². The lowest BCUT2D eigenvalue weighted by molar-refractivity contribution is -0.164. The number of hydrogen-bond acceptors (Lipinski definition) is 8. The SMILES string of the molecule is CC.CC(=O)CCOC(=O)C1CCC(CCC2OC2(C)CCC2OC2(C)C)CC1C(=O)OCCC(C)=O. The Labute approximate surface area is 222 Å². The summed E-state index contributed by atoms with van der Waals surface area (Å²) in [5.74, 6) is -1.86. The molecule has 212 valence electrons. The second-order valence-electron chi connectivity index (χ2n) is 11.4. The Morgan fingerprint density at radius 2 is 1.30 bits per heavy atom. The zero-order chi connectivity index (χ0) is 27.8. The zero-order valence-corrected chi connectivity index (χ0v) is 23.9. The molecular weight excluding hydrogens is 476 g/mol. The minimum Gasteiger partial charge on any atom is -0.465 e. The third-order valence-corrected chi connectivity index (χ3v) is 7.90. The van der Waals surface area contributed by atoms with Gasteiger partial charge in [-0.25, -0.2) is 0 Å². The van der Waals surface area contributed by atoms with E-state index in [9.17, 15) is 19.2 Å². The summed E-state index contributed by atoms with van der Waals surface area (Å²) in [4.78, 5) is 47.9. The first-order valence-electron chi connectivity index (χ1n) is 14.1. The van der Waals surface area contributed by atoms with E-state index in [-0.39, 0.29) is 54.9 Å². The molecule has 0 N–H and O–H groups in total. The van der Waals surface area contributed by atoms with Crippen molar-refractivity contribution in [2.24, 2.45) is 17.8 Å². The van der Waals surface area contributed by atoms with Gasteiger partial charge in [-0.1, -0.05) is 13.8 Å². The second-order valence-corrected chi connectivity index (χ2v) is 11.4. The molecule has 6 atom stereocenters. The fraction of sp³-hybridized carbons (Fsp3) is 0.862. The lowest BCUT2D eigenvalue weighted by Gasteiger charge is -2.33. The average Bonchev–Trinajstić information content (AvgIpc) is 3.69. The van der Waals surface area contributed by atoms with Crippen LogP contribution in [-0.4, -0.2) is 60.1 Å². The van der Waals surface area contributed by atoms with Gasteiger partial charge in [0, 0.05) is 12.8 Å². The average molecular weight is 525 g/mol. The maximum Gasteiger partial charge on any atom is 0.309 e. The highest BCUT2D eigenvalue weighted by Gasteiger charge is 2.55. The first-order chi connectivity index (χ1) is 17.4. The van der Waals surface area contributed by atoms with Gasteiger partial charge in [-0.15, -0.1) is 0 Å². The van der Waals surface area contributed by atoms with E-state index < -0.39 is 23.8 Å². The number of rotatable bonds is 14. The standard InChI is InChI=1S/C27H42O8.C2H6/c1-17(28)11-14-32-24(30)20-8-6-19(16-21(20)25(31)33-15-12-18(2)29)7-9-23-27(5,35-23)13-10-22-26(3,4)34-22;1-2/h19-23H,6-16H2,1-5H3;1-2H3. The van der Waals surface area contributed by atoms with Gasteiger partial charge in [-0.05, 0) is 85.5 Å². The van der Waals surface area contributed by atoms with Crippen LogP contribution in [-0.2, 0) is 38.1 Å². The Morgan fingerprint density at radius 3 is 1.81 bits per heavy atom. The van der Waals surface area contributed by atoms with Gasteiger partial charge in [-0.3, -0.25) is 19.2 Å². The predicted molar refractivity (Wildman–Crippen MR) is 139 cm³/mol. The van der Waals surface area contributed by atoms with Gasteiger partial charge >= 0.3 is 11.9 Å². The molecule has 2 heterocycles. The number of carbonyl (C=O) groups excluding carboxylic acids is 4. The van der Waals surface area contributed by atoms with Crippen LogP contribution in [0.25, 0.3) is 0 Å². The van der Waals surface area contributed by atoms with Crippen LogP contribution < -0.4 is 0 Å². The molecule has 0 bridgehead atoms. The van der Waals surface area contributed by atoms with Gasteiger partial charge < -0.3 is 18.9 Å². The molecule has 0 radical (unpaired) electrons. The Balaban J connectivity index is 0.00000235. The zero-order valence-electron chi connectivity index (χ0n) is 23.9. The van der Waals surface area contributed by atoms with Gasteiger partial charge in [0.05, 0.1) is 48.5 Å². The molecule has 8 heteroatoms. The second kappa shape index (κ2) is 13.8. The summed E-state index contributed by atoms with van der Waals surface area (Å²) in [7, 11) is 0. The van der Waals surface area contributed by atoms with Crippen LogP contribution in [0, 0.1) is 17.8 Å². The van der Waals surface area contributed by atoms with E-state index in [1.165, 1.54) is 13.8 Å². The molecule has 0 amide bonds. The fourth-order valence-corrected chi connectivity index (χ4v) is 5.29. The molecule has 1 aliphatic carbocycles. The third kappa shape index (κ3) is 9.78. The van der Waals surface area contributed by atoms with E-state index in [1.807, 2.05) is 13.8 Å². The molecule has 0 aromatic rings. The number of ether oxygens (including phenoxy) is 4. The lowest BCUT2D eigenvalue weighted by Crippen LogP contribution is -2.38. The predicted octanol–water partition coefficient (Wildman–Crippen LogP) is 4.99. The van der Waals surface area contributed by atoms with Gasteiger partial charge in [0.15, 0.2) is 0 Å². The van der Waals surface area contributed by atoms with E-state index in [0.29, 0.717) is 24.9 Å². The van der Waals surface area contributed by atoms with Gasteiger partial charge in [-0.2, -0.15) is 0 Å².